The van der Waals surface area contributed by atoms with E-state index in [9.17, 15) is 9.59 Å². The van der Waals surface area contributed by atoms with Crippen LogP contribution in [0.15, 0.2) is 24.3 Å². The van der Waals surface area contributed by atoms with Crippen molar-refractivity contribution in [2.24, 2.45) is 0 Å². The maximum absolute atomic E-state index is 11.4. The van der Waals surface area contributed by atoms with Crippen LogP contribution < -0.4 is 0 Å². The third-order valence-electron chi connectivity index (χ3n) is 3.36. The molecule has 0 aliphatic heterocycles. The minimum absolute atomic E-state index is 0.0128. The Labute approximate surface area is 141 Å². The molecule has 0 aliphatic rings. The summed E-state index contributed by atoms with van der Waals surface area (Å²) in [6.45, 7) is 0. The number of methoxy groups -OCH3 is 2. The van der Waals surface area contributed by atoms with Crippen molar-refractivity contribution in [3.8, 4) is 10.6 Å². The second kappa shape index (κ2) is 6.75. The predicted molar refractivity (Wildman–Crippen MR) is 85.5 cm³/mol. The van der Waals surface area contributed by atoms with Crippen LogP contribution in [-0.4, -0.2) is 46.0 Å². The summed E-state index contributed by atoms with van der Waals surface area (Å²) in [4.78, 5) is 23.3. The molecule has 2 aromatic heterocycles. The molecule has 3 rings (SSSR count). The molecule has 0 saturated carbocycles. The van der Waals surface area contributed by atoms with E-state index in [-0.39, 0.29) is 18.8 Å². The van der Waals surface area contributed by atoms with Crippen molar-refractivity contribution >= 4 is 28.2 Å². The van der Waals surface area contributed by atoms with Crippen LogP contribution in [0.4, 0.5) is 0 Å². The second-order valence-electron chi connectivity index (χ2n) is 4.92. The van der Waals surface area contributed by atoms with Crippen LogP contribution in [0.2, 0.25) is 0 Å². The number of ether oxygens (including phenoxy) is 2. The lowest BCUT2D eigenvalue weighted by atomic mass is 10.1. The molecule has 0 bridgehead atoms. The molecule has 0 amide bonds. The van der Waals surface area contributed by atoms with Crippen LogP contribution in [0.3, 0.4) is 0 Å². The number of esters is 2. The van der Waals surface area contributed by atoms with Gasteiger partial charge in [-0.25, -0.2) is 0 Å². The summed E-state index contributed by atoms with van der Waals surface area (Å²) in [6.07, 6.45) is 0.240. The van der Waals surface area contributed by atoms with E-state index in [1.54, 1.807) is 4.52 Å². The van der Waals surface area contributed by atoms with Gasteiger partial charge in [-0.05, 0) is 5.56 Å². The highest BCUT2D eigenvalue weighted by Gasteiger charge is 2.16. The SMILES string of the molecule is COC(=O)Cc1ccc(-c2nn3c(CC(=O)OC)nnc3s2)cc1. The molecule has 124 valence electrons. The molecule has 8 nitrogen and oxygen atoms in total. The first-order chi connectivity index (χ1) is 11.6. The molecular weight excluding hydrogens is 332 g/mol. The van der Waals surface area contributed by atoms with E-state index in [1.807, 2.05) is 24.3 Å². The van der Waals surface area contributed by atoms with Crippen molar-refractivity contribution in [2.45, 2.75) is 12.8 Å². The Kier molecular flexibility index (Phi) is 4.52. The third kappa shape index (κ3) is 3.25. The van der Waals surface area contributed by atoms with Gasteiger partial charge in [0.05, 0.1) is 20.6 Å². The van der Waals surface area contributed by atoms with Crippen molar-refractivity contribution in [3.05, 3.63) is 35.7 Å². The van der Waals surface area contributed by atoms with Crippen molar-refractivity contribution in [1.82, 2.24) is 19.8 Å². The average Bonchev–Trinajstić information content (AvgIpc) is 3.17. The number of rotatable bonds is 5. The van der Waals surface area contributed by atoms with Gasteiger partial charge >= 0.3 is 11.9 Å². The van der Waals surface area contributed by atoms with Gasteiger partial charge in [-0.1, -0.05) is 35.6 Å². The monoisotopic (exact) mass is 346 g/mol. The number of fused-ring (bicyclic) bond motifs is 1. The van der Waals surface area contributed by atoms with Crippen LogP contribution in [0.1, 0.15) is 11.4 Å². The van der Waals surface area contributed by atoms with Crippen LogP contribution >= 0.6 is 11.3 Å². The van der Waals surface area contributed by atoms with Gasteiger partial charge in [0.2, 0.25) is 4.96 Å². The van der Waals surface area contributed by atoms with Crippen LogP contribution in [0, 0.1) is 0 Å². The van der Waals surface area contributed by atoms with E-state index in [4.69, 9.17) is 0 Å². The average molecular weight is 346 g/mol. The molecule has 9 heteroatoms. The fourth-order valence-corrected chi connectivity index (χ4v) is 2.95. The van der Waals surface area contributed by atoms with E-state index < -0.39 is 5.97 Å². The Morgan fingerprint density at radius 2 is 1.71 bits per heavy atom. The van der Waals surface area contributed by atoms with Gasteiger partial charge in [-0.3, -0.25) is 9.59 Å². The molecule has 24 heavy (non-hydrogen) atoms. The first kappa shape index (κ1) is 16.1. The lowest BCUT2D eigenvalue weighted by Crippen LogP contribution is -2.08. The minimum atomic E-state index is -0.397. The van der Waals surface area contributed by atoms with Gasteiger partial charge in [0.1, 0.15) is 11.4 Å². The largest absolute Gasteiger partial charge is 0.469 e. The molecule has 0 atom stereocenters. The van der Waals surface area contributed by atoms with Crippen molar-refractivity contribution in [2.75, 3.05) is 14.2 Å². The topological polar surface area (TPSA) is 95.7 Å². The number of benzene rings is 1. The minimum Gasteiger partial charge on any atom is -0.469 e. The zero-order valence-corrected chi connectivity index (χ0v) is 13.9. The Morgan fingerprint density at radius 1 is 1.04 bits per heavy atom. The van der Waals surface area contributed by atoms with Gasteiger partial charge in [0, 0.05) is 5.56 Å². The van der Waals surface area contributed by atoms with Gasteiger partial charge in [0.15, 0.2) is 5.82 Å². The van der Waals surface area contributed by atoms with E-state index in [2.05, 4.69) is 24.8 Å². The number of hydrogen-bond donors (Lipinski definition) is 0. The van der Waals surface area contributed by atoms with E-state index in [1.165, 1.54) is 25.6 Å². The summed E-state index contributed by atoms with van der Waals surface area (Å²) >= 11 is 1.36. The molecule has 1 aromatic carbocycles. The van der Waals surface area contributed by atoms with Gasteiger partial charge in [0.25, 0.3) is 0 Å². The lowest BCUT2D eigenvalue weighted by Gasteiger charge is -2.01. The molecule has 0 unspecified atom stereocenters. The Bertz CT molecular complexity index is 885. The standard InChI is InChI=1S/C15H14N4O4S/c1-22-12(20)7-9-3-5-10(6-4-9)14-18-19-11(8-13(21)23-2)16-17-15(19)24-14/h3-6H,7-8H2,1-2H3. The van der Waals surface area contributed by atoms with Gasteiger partial charge in [-0.15, -0.1) is 10.2 Å². The van der Waals surface area contributed by atoms with Crippen molar-refractivity contribution in [1.29, 1.82) is 0 Å². The van der Waals surface area contributed by atoms with Crippen molar-refractivity contribution in [3.63, 3.8) is 0 Å². The molecule has 0 fully saturated rings. The van der Waals surface area contributed by atoms with Crippen LogP contribution in [0.5, 0.6) is 0 Å². The molecule has 0 radical (unpaired) electrons. The molecule has 3 aromatic rings. The maximum Gasteiger partial charge on any atom is 0.313 e. The van der Waals surface area contributed by atoms with Crippen LogP contribution in [0.25, 0.3) is 15.5 Å². The van der Waals surface area contributed by atoms with E-state index in [0.29, 0.717) is 10.8 Å². The zero-order chi connectivity index (χ0) is 17.1. The van der Waals surface area contributed by atoms with Crippen LogP contribution in [-0.2, 0) is 31.9 Å². The third-order valence-corrected chi connectivity index (χ3v) is 4.31. The summed E-state index contributed by atoms with van der Waals surface area (Å²) in [5.41, 5.74) is 1.75. The Morgan fingerprint density at radius 3 is 2.38 bits per heavy atom. The molecule has 0 N–H and O–H groups in total. The number of carbonyl (C=O) groups excluding carboxylic acids is 2. The fraction of sp³-hybridized carbons (Fsp3) is 0.267. The highest BCUT2D eigenvalue weighted by Crippen LogP contribution is 2.26. The molecule has 0 spiro atoms. The molecule has 0 saturated heterocycles. The summed E-state index contributed by atoms with van der Waals surface area (Å²) in [6, 6.07) is 7.46. The summed E-state index contributed by atoms with van der Waals surface area (Å²) in [5, 5.41) is 13.2. The summed E-state index contributed by atoms with van der Waals surface area (Å²) in [5.74, 6) is -0.248. The normalized spacial score (nSPS) is 10.8. The Balaban J connectivity index is 1.84. The molecular formula is C15H14N4O4S. The zero-order valence-electron chi connectivity index (χ0n) is 13.1. The number of aromatic nitrogens is 4. The maximum atomic E-state index is 11.4. The first-order valence-electron chi connectivity index (χ1n) is 7.04. The smallest absolute Gasteiger partial charge is 0.313 e. The number of hydrogen-bond acceptors (Lipinski definition) is 8. The van der Waals surface area contributed by atoms with Gasteiger partial charge in [-0.2, -0.15) is 9.61 Å². The highest BCUT2D eigenvalue weighted by atomic mass is 32.1. The number of carbonyl (C=O) groups is 2. The molecule has 0 aliphatic carbocycles. The van der Waals surface area contributed by atoms with Gasteiger partial charge < -0.3 is 9.47 Å². The number of nitrogens with zero attached hydrogens (tertiary/aromatic N) is 4. The van der Waals surface area contributed by atoms with Crippen molar-refractivity contribution < 1.29 is 19.1 Å². The quantitative estimate of drug-likeness (QED) is 0.642. The van der Waals surface area contributed by atoms with E-state index in [0.717, 1.165) is 16.1 Å². The second-order valence-corrected chi connectivity index (χ2v) is 5.88. The summed E-state index contributed by atoms with van der Waals surface area (Å²) < 4.78 is 10.8. The predicted octanol–water partition coefficient (Wildman–Crippen LogP) is 1.28. The highest BCUT2D eigenvalue weighted by molar-refractivity contribution is 7.19. The first-order valence-corrected chi connectivity index (χ1v) is 7.86. The fourth-order valence-electron chi connectivity index (χ4n) is 2.09. The van der Waals surface area contributed by atoms with E-state index >= 15 is 0 Å². The Hall–Kier alpha value is -2.81. The molecule has 2 heterocycles. The summed E-state index contributed by atoms with van der Waals surface area (Å²) in [7, 11) is 2.69. The lowest BCUT2D eigenvalue weighted by molar-refractivity contribution is -0.140.